The Labute approximate surface area is 116 Å². The van der Waals surface area contributed by atoms with Gasteiger partial charge in [0.2, 0.25) is 0 Å². The standard InChI is InChI=1S/C12H25N3O2.ClH/c1-5-15(6-2)12(16)13-9-14-7-10(3)17-11(4)8-14;/h10-11H,5-9H2,1-4H3,(H,13,16);1H. The van der Waals surface area contributed by atoms with Crippen LogP contribution in [0.15, 0.2) is 0 Å². The van der Waals surface area contributed by atoms with Crippen LogP contribution in [0.2, 0.25) is 0 Å². The van der Waals surface area contributed by atoms with Gasteiger partial charge in [0.1, 0.15) is 0 Å². The topological polar surface area (TPSA) is 44.8 Å². The van der Waals surface area contributed by atoms with Crippen molar-refractivity contribution in [1.29, 1.82) is 0 Å². The van der Waals surface area contributed by atoms with E-state index in [0.29, 0.717) is 6.67 Å². The summed E-state index contributed by atoms with van der Waals surface area (Å²) in [4.78, 5) is 15.8. The molecule has 2 amide bonds. The van der Waals surface area contributed by atoms with Crippen molar-refractivity contribution < 1.29 is 9.53 Å². The summed E-state index contributed by atoms with van der Waals surface area (Å²) in [5.74, 6) is 0. The molecule has 0 aromatic rings. The van der Waals surface area contributed by atoms with Crippen LogP contribution in [0.25, 0.3) is 0 Å². The Morgan fingerprint density at radius 3 is 2.22 bits per heavy atom. The molecule has 0 saturated carbocycles. The molecule has 1 heterocycles. The third-order valence-corrected chi connectivity index (χ3v) is 3.00. The molecule has 1 rings (SSSR count). The Hall–Kier alpha value is -0.520. The summed E-state index contributed by atoms with van der Waals surface area (Å²) in [6.07, 6.45) is 0.480. The van der Waals surface area contributed by atoms with E-state index in [1.807, 2.05) is 13.8 Å². The average Bonchev–Trinajstić information content (AvgIpc) is 2.27. The number of morpholine rings is 1. The number of nitrogens with zero attached hydrogens (tertiary/aromatic N) is 2. The Morgan fingerprint density at radius 2 is 1.78 bits per heavy atom. The molecule has 0 bridgehead atoms. The van der Waals surface area contributed by atoms with Crippen LogP contribution in [-0.4, -0.2) is 60.9 Å². The summed E-state index contributed by atoms with van der Waals surface area (Å²) in [6, 6.07) is 0.0156. The van der Waals surface area contributed by atoms with E-state index in [0.717, 1.165) is 26.2 Å². The number of rotatable bonds is 4. The third-order valence-electron chi connectivity index (χ3n) is 3.00. The predicted octanol–water partition coefficient (Wildman–Crippen LogP) is 1.53. The van der Waals surface area contributed by atoms with E-state index in [1.54, 1.807) is 4.90 Å². The van der Waals surface area contributed by atoms with E-state index in [4.69, 9.17) is 4.74 Å². The summed E-state index contributed by atoms with van der Waals surface area (Å²) in [6.45, 7) is 12.0. The number of halogens is 1. The van der Waals surface area contributed by atoms with E-state index in [1.165, 1.54) is 0 Å². The van der Waals surface area contributed by atoms with E-state index in [9.17, 15) is 4.79 Å². The first-order chi connectivity index (χ1) is 8.06. The van der Waals surface area contributed by atoms with Crippen molar-refractivity contribution in [3.63, 3.8) is 0 Å². The number of hydrogen-bond acceptors (Lipinski definition) is 3. The number of carbonyl (C=O) groups excluding carboxylic acids is 1. The minimum Gasteiger partial charge on any atom is -0.373 e. The van der Waals surface area contributed by atoms with Crippen LogP contribution in [0, 0.1) is 0 Å². The van der Waals surface area contributed by atoms with Gasteiger partial charge in [-0.2, -0.15) is 0 Å². The molecular formula is C12H26ClN3O2. The van der Waals surface area contributed by atoms with Crippen molar-refractivity contribution in [3.05, 3.63) is 0 Å². The quantitative estimate of drug-likeness (QED) is 0.849. The van der Waals surface area contributed by atoms with Crippen LogP contribution < -0.4 is 5.32 Å². The number of amides is 2. The first-order valence-corrected chi connectivity index (χ1v) is 6.47. The molecule has 6 heteroatoms. The summed E-state index contributed by atoms with van der Waals surface area (Å²) in [5.41, 5.74) is 0. The van der Waals surface area contributed by atoms with Crippen molar-refractivity contribution >= 4 is 18.4 Å². The summed E-state index contributed by atoms with van der Waals surface area (Å²) >= 11 is 0. The van der Waals surface area contributed by atoms with Crippen LogP contribution >= 0.6 is 12.4 Å². The van der Waals surface area contributed by atoms with Crippen LogP contribution in [0.4, 0.5) is 4.79 Å². The number of hydrogen-bond donors (Lipinski definition) is 1. The van der Waals surface area contributed by atoms with Gasteiger partial charge >= 0.3 is 6.03 Å². The normalized spacial score (nSPS) is 24.2. The lowest BCUT2D eigenvalue weighted by atomic mass is 10.2. The van der Waals surface area contributed by atoms with Gasteiger partial charge < -0.3 is 15.0 Å². The molecule has 0 aromatic carbocycles. The Bertz CT molecular complexity index is 239. The molecule has 1 aliphatic rings. The highest BCUT2D eigenvalue weighted by Crippen LogP contribution is 2.09. The zero-order valence-corrected chi connectivity index (χ0v) is 12.6. The smallest absolute Gasteiger partial charge is 0.318 e. The van der Waals surface area contributed by atoms with Crippen molar-refractivity contribution in [1.82, 2.24) is 15.1 Å². The molecule has 0 aromatic heterocycles. The number of ether oxygens (including phenoxy) is 1. The van der Waals surface area contributed by atoms with Crippen LogP contribution in [0.3, 0.4) is 0 Å². The molecule has 5 nitrogen and oxygen atoms in total. The van der Waals surface area contributed by atoms with Crippen molar-refractivity contribution in [3.8, 4) is 0 Å². The lowest BCUT2D eigenvalue weighted by Gasteiger charge is -2.35. The minimum atomic E-state index is 0. The van der Waals surface area contributed by atoms with Gasteiger partial charge in [0.05, 0.1) is 18.9 Å². The van der Waals surface area contributed by atoms with Crippen LogP contribution in [-0.2, 0) is 4.74 Å². The Kier molecular flexibility index (Phi) is 8.31. The first kappa shape index (κ1) is 17.5. The van der Waals surface area contributed by atoms with Gasteiger partial charge in [0.25, 0.3) is 0 Å². The zero-order chi connectivity index (χ0) is 12.8. The van der Waals surface area contributed by atoms with Gasteiger partial charge in [-0.15, -0.1) is 12.4 Å². The SMILES string of the molecule is CCN(CC)C(=O)NCN1CC(C)OC(C)C1.Cl. The van der Waals surface area contributed by atoms with Crippen molar-refractivity contribution in [2.24, 2.45) is 0 Å². The number of urea groups is 1. The first-order valence-electron chi connectivity index (χ1n) is 6.47. The van der Waals surface area contributed by atoms with Crippen LogP contribution in [0.1, 0.15) is 27.7 Å². The van der Waals surface area contributed by atoms with E-state index in [2.05, 4.69) is 24.1 Å². The van der Waals surface area contributed by atoms with Gasteiger partial charge in [-0.3, -0.25) is 4.90 Å². The van der Waals surface area contributed by atoms with Gasteiger partial charge in [0.15, 0.2) is 0 Å². The minimum absolute atomic E-state index is 0. The molecule has 1 aliphatic heterocycles. The van der Waals surface area contributed by atoms with E-state index < -0.39 is 0 Å². The monoisotopic (exact) mass is 279 g/mol. The Balaban J connectivity index is 0.00000289. The van der Waals surface area contributed by atoms with E-state index >= 15 is 0 Å². The van der Waals surface area contributed by atoms with E-state index in [-0.39, 0.29) is 30.6 Å². The van der Waals surface area contributed by atoms with Crippen LogP contribution in [0.5, 0.6) is 0 Å². The maximum Gasteiger partial charge on any atom is 0.318 e. The van der Waals surface area contributed by atoms with Crippen molar-refractivity contribution in [2.45, 2.75) is 39.9 Å². The molecule has 0 aliphatic carbocycles. The van der Waals surface area contributed by atoms with Crippen molar-refractivity contribution in [2.75, 3.05) is 32.8 Å². The molecule has 1 N–H and O–H groups in total. The second kappa shape index (κ2) is 8.56. The molecule has 0 spiro atoms. The number of carbonyl (C=O) groups is 1. The fourth-order valence-electron chi connectivity index (χ4n) is 2.22. The predicted molar refractivity (Wildman–Crippen MR) is 75.1 cm³/mol. The second-order valence-electron chi connectivity index (χ2n) is 4.61. The largest absolute Gasteiger partial charge is 0.373 e. The molecular weight excluding hydrogens is 254 g/mol. The van der Waals surface area contributed by atoms with Gasteiger partial charge in [-0.25, -0.2) is 4.79 Å². The zero-order valence-electron chi connectivity index (χ0n) is 11.8. The summed E-state index contributed by atoms with van der Waals surface area (Å²) in [5, 5.41) is 2.95. The fourth-order valence-corrected chi connectivity index (χ4v) is 2.22. The third kappa shape index (κ3) is 5.42. The van der Waals surface area contributed by atoms with Gasteiger partial charge in [-0.1, -0.05) is 0 Å². The molecule has 1 saturated heterocycles. The molecule has 18 heavy (non-hydrogen) atoms. The maximum atomic E-state index is 11.8. The highest BCUT2D eigenvalue weighted by molar-refractivity contribution is 5.85. The van der Waals surface area contributed by atoms with Gasteiger partial charge in [-0.05, 0) is 27.7 Å². The fraction of sp³-hybridized carbons (Fsp3) is 0.917. The maximum absolute atomic E-state index is 11.8. The number of nitrogens with one attached hydrogen (secondary N) is 1. The molecule has 2 unspecified atom stereocenters. The Morgan fingerprint density at radius 1 is 1.28 bits per heavy atom. The molecule has 2 atom stereocenters. The molecule has 1 fully saturated rings. The average molecular weight is 280 g/mol. The van der Waals surface area contributed by atoms with Gasteiger partial charge in [0, 0.05) is 26.2 Å². The second-order valence-corrected chi connectivity index (χ2v) is 4.61. The highest BCUT2D eigenvalue weighted by atomic mass is 35.5. The summed E-state index contributed by atoms with van der Waals surface area (Å²) < 4.78 is 5.65. The molecule has 108 valence electrons. The highest BCUT2D eigenvalue weighted by Gasteiger charge is 2.22. The molecule has 0 radical (unpaired) electrons. The lowest BCUT2D eigenvalue weighted by molar-refractivity contribution is -0.0691. The lowest BCUT2D eigenvalue weighted by Crippen LogP contribution is -2.51. The summed E-state index contributed by atoms with van der Waals surface area (Å²) in [7, 11) is 0.